The Balaban J connectivity index is 1.42. The van der Waals surface area contributed by atoms with Gasteiger partial charge in [-0.25, -0.2) is 4.98 Å². The lowest BCUT2D eigenvalue weighted by atomic mass is 10.0. The topological polar surface area (TPSA) is 59.0 Å². The minimum atomic E-state index is 0.118. The van der Waals surface area contributed by atoms with E-state index in [0.717, 1.165) is 51.4 Å². The van der Waals surface area contributed by atoms with E-state index in [-0.39, 0.29) is 5.91 Å². The van der Waals surface area contributed by atoms with Crippen molar-refractivity contribution < 1.29 is 4.79 Å². The lowest BCUT2D eigenvalue weighted by molar-refractivity contribution is -0.116. The van der Waals surface area contributed by atoms with Crippen LogP contribution in [-0.4, -0.2) is 33.4 Å². The van der Waals surface area contributed by atoms with Gasteiger partial charge < -0.3 is 4.90 Å². The van der Waals surface area contributed by atoms with Gasteiger partial charge in [-0.05, 0) is 50.5 Å². The van der Waals surface area contributed by atoms with Crippen LogP contribution in [0, 0.1) is 13.8 Å². The van der Waals surface area contributed by atoms with Crippen LogP contribution in [-0.2, 0) is 11.2 Å². The van der Waals surface area contributed by atoms with Crippen molar-refractivity contribution in [1.29, 1.82) is 0 Å². The second kappa shape index (κ2) is 7.78. The molecular formula is C20H20N4OS2. The molecule has 0 radical (unpaired) electrons. The third kappa shape index (κ3) is 3.89. The summed E-state index contributed by atoms with van der Waals surface area (Å²) in [4.78, 5) is 20.1. The normalized spacial score (nSPS) is 13.5. The van der Waals surface area contributed by atoms with E-state index >= 15 is 0 Å². The molecule has 1 aliphatic rings. The SMILES string of the molecule is Cc1nc(C)c(-c2ccc(SCC(=O)N3CCCc4ccccc43)nn2)s1. The lowest BCUT2D eigenvalue weighted by Crippen LogP contribution is -2.36. The number of fused-ring (bicyclic) bond motifs is 1. The van der Waals surface area contributed by atoms with E-state index < -0.39 is 0 Å². The van der Waals surface area contributed by atoms with E-state index in [2.05, 4.69) is 21.2 Å². The molecule has 7 heteroatoms. The summed E-state index contributed by atoms with van der Waals surface area (Å²) in [5.41, 5.74) is 4.11. The number of carbonyl (C=O) groups excluding carboxylic acids is 1. The molecule has 3 aromatic rings. The smallest absolute Gasteiger partial charge is 0.237 e. The van der Waals surface area contributed by atoms with Crippen LogP contribution in [0.1, 0.15) is 22.7 Å². The zero-order chi connectivity index (χ0) is 18.8. The predicted octanol–water partition coefficient (Wildman–Crippen LogP) is 4.29. The van der Waals surface area contributed by atoms with Gasteiger partial charge in [-0.1, -0.05) is 30.0 Å². The molecule has 1 aromatic carbocycles. The standard InChI is InChI=1S/C20H20N4OS2/c1-13-20(27-14(2)21-13)16-9-10-18(23-22-16)26-12-19(25)24-11-5-7-15-6-3-4-8-17(15)24/h3-4,6,8-10H,5,7,11-12H2,1-2H3. The molecule has 0 N–H and O–H groups in total. The number of anilines is 1. The third-order valence-corrected chi connectivity index (χ3v) is 6.53. The van der Waals surface area contributed by atoms with E-state index in [0.29, 0.717) is 5.75 Å². The quantitative estimate of drug-likeness (QED) is 0.616. The fourth-order valence-electron chi connectivity index (χ4n) is 3.29. The van der Waals surface area contributed by atoms with Crippen LogP contribution in [0.15, 0.2) is 41.4 Å². The zero-order valence-corrected chi connectivity index (χ0v) is 16.9. The van der Waals surface area contributed by atoms with E-state index in [9.17, 15) is 4.79 Å². The fraction of sp³-hybridized carbons (Fsp3) is 0.300. The van der Waals surface area contributed by atoms with Gasteiger partial charge in [-0.15, -0.1) is 21.5 Å². The van der Waals surface area contributed by atoms with Crippen LogP contribution in [0.2, 0.25) is 0 Å². The average Bonchev–Trinajstić information content (AvgIpc) is 3.04. The summed E-state index contributed by atoms with van der Waals surface area (Å²) in [6, 6.07) is 12.0. The van der Waals surface area contributed by atoms with Crippen LogP contribution in [0.4, 0.5) is 5.69 Å². The number of hydrogen-bond donors (Lipinski definition) is 0. The third-order valence-electron chi connectivity index (χ3n) is 4.53. The molecule has 27 heavy (non-hydrogen) atoms. The van der Waals surface area contributed by atoms with Gasteiger partial charge >= 0.3 is 0 Å². The first-order valence-electron chi connectivity index (χ1n) is 8.91. The maximum atomic E-state index is 12.7. The van der Waals surface area contributed by atoms with Crippen molar-refractivity contribution in [3.8, 4) is 10.6 Å². The second-order valence-corrected chi connectivity index (χ2v) is 8.67. The predicted molar refractivity (Wildman–Crippen MR) is 110 cm³/mol. The van der Waals surface area contributed by atoms with Crippen molar-refractivity contribution in [3.05, 3.63) is 52.7 Å². The van der Waals surface area contributed by atoms with Gasteiger partial charge in [0.1, 0.15) is 10.7 Å². The number of amides is 1. The van der Waals surface area contributed by atoms with Gasteiger partial charge in [-0.2, -0.15) is 0 Å². The van der Waals surface area contributed by atoms with Crippen LogP contribution in [0.3, 0.4) is 0 Å². The van der Waals surface area contributed by atoms with Gasteiger partial charge in [0.25, 0.3) is 0 Å². The highest BCUT2D eigenvalue weighted by molar-refractivity contribution is 7.99. The Bertz CT molecular complexity index is 968. The van der Waals surface area contributed by atoms with Crippen molar-refractivity contribution in [1.82, 2.24) is 15.2 Å². The molecule has 0 bridgehead atoms. The molecule has 3 heterocycles. The van der Waals surface area contributed by atoms with Crippen LogP contribution in [0.25, 0.3) is 10.6 Å². The Morgan fingerprint density at radius 3 is 2.78 bits per heavy atom. The Morgan fingerprint density at radius 1 is 1.19 bits per heavy atom. The number of rotatable bonds is 4. The van der Waals surface area contributed by atoms with E-state index in [4.69, 9.17) is 0 Å². The molecule has 1 amide bonds. The highest BCUT2D eigenvalue weighted by Crippen LogP contribution is 2.30. The van der Waals surface area contributed by atoms with Crippen LogP contribution in [0.5, 0.6) is 0 Å². The molecule has 0 unspecified atom stereocenters. The lowest BCUT2D eigenvalue weighted by Gasteiger charge is -2.29. The molecule has 2 aromatic heterocycles. The van der Waals surface area contributed by atoms with Gasteiger partial charge in [0, 0.05) is 12.2 Å². The molecule has 0 spiro atoms. The van der Waals surface area contributed by atoms with Gasteiger partial charge in [-0.3, -0.25) is 4.79 Å². The van der Waals surface area contributed by atoms with E-state index in [1.807, 2.05) is 49.1 Å². The van der Waals surface area contributed by atoms with Crippen molar-refractivity contribution in [2.75, 3.05) is 17.2 Å². The number of aryl methyl sites for hydroxylation is 3. The van der Waals surface area contributed by atoms with E-state index in [1.165, 1.54) is 17.3 Å². The Hall–Kier alpha value is -2.25. The van der Waals surface area contributed by atoms with Crippen molar-refractivity contribution in [3.63, 3.8) is 0 Å². The molecule has 0 aliphatic carbocycles. The summed E-state index contributed by atoms with van der Waals surface area (Å²) in [5.74, 6) is 0.480. The molecule has 0 saturated carbocycles. The summed E-state index contributed by atoms with van der Waals surface area (Å²) in [5, 5.41) is 10.4. The molecule has 4 rings (SSSR count). The molecule has 5 nitrogen and oxygen atoms in total. The molecule has 138 valence electrons. The Kier molecular flexibility index (Phi) is 5.22. The summed E-state index contributed by atoms with van der Waals surface area (Å²) >= 11 is 3.06. The van der Waals surface area contributed by atoms with Gasteiger partial charge in [0.2, 0.25) is 5.91 Å². The van der Waals surface area contributed by atoms with Crippen molar-refractivity contribution in [2.45, 2.75) is 31.7 Å². The minimum Gasteiger partial charge on any atom is -0.311 e. The molecule has 1 aliphatic heterocycles. The first-order valence-corrected chi connectivity index (χ1v) is 10.7. The number of hydrogen-bond acceptors (Lipinski definition) is 6. The maximum Gasteiger partial charge on any atom is 0.237 e. The van der Waals surface area contributed by atoms with Crippen molar-refractivity contribution in [2.24, 2.45) is 0 Å². The average molecular weight is 397 g/mol. The first kappa shape index (κ1) is 18.1. The summed E-state index contributed by atoms with van der Waals surface area (Å²) in [6.45, 7) is 4.76. The van der Waals surface area contributed by atoms with Crippen LogP contribution >= 0.6 is 23.1 Å². The minimum absolute atomic E-state index is 0.118. The Labute approximate surface area is 166 Å². The van der Waals surface area contributed by atoms with Crippen LogP contribution < -0.4 is 4.90 Å². The van der Waals surface area contributed by atoms with Gasteiger partial charge in [0.15, 0.2) is 0 Å². The summed E-state index contributed by atoms with van der Waals surface area (Å²) in [7, 11) is 0. The number of thioether (sulfide) groups is 1. The van der Waals surface area contributed by atoms with Crippen molar-refractivity contribution >= 4 is 34.7 Å². The number of carbonyl (C=O) groups is 1. The first-order chi connectivity index (χ1) is 13.1. The number of aromatic nitrogens is 3. The largest absolute Gasteiger partial charge is 0.311 e. The maximum absolute atomic E-state index is 12.7. The molecule has 0 fully saturated rings. The van der Waals surface area contributed by atoms with Gasteiger partial charge in [0.05, 0.1) is 21.3 Å². The molecular weight excluding hydrogens is 376 g/mol. The van der Waals surface area contributed by atoms with E-state index in [1.54, 1.807) is 11.3 Å². The number of benzene rings is 1. The number of para-hydroxylation sites is 1. The number of nitrogens with zero attached hydrogens (tertiary/aromatic N) is 4. The fourth-order valence-corrected chi connectivity index (χ4v) is 4.87. The molecule has 0 atom stereocenters. The highest BCUT2D eigenvalue weighted by Gasteiger charge is 2.22. The number of thiazole rings is 1. The Morgan fingerprint density at radius 2 is 2.04 bits per heavy atom. The highest BCUT2D eigenvalue weighted by atomic mass is 32.2. The summed E-state index contributed by atoms with van der Waals surface area (Å²) in [6.07, 6.45) is 2.05. The zero-order valence-electron chi connectivity index (χ0n) is 15.3. The molecule has 0 saturated heterocycles. The second-order valence-electron chi connectivity index (χ2n) is 6.47. The summed E-state index contributed by atoms with van der Waals surface area (Å²) < 4.78 is 0. The monoisotopic (exact) mass is 396 g/mol.